The molecule has 88 valence electrons. The quantitative estimate of drug-likeness (QED) is 0.946. The lowest BCUT2D eigenvalue weighted by atomic mass is 10.3. The lowest BCUT2D eigenvalue weighted by molar-refractivity contribution is 0.0690. The fourth-order valence-corrected chi connectivity index (χ4v) is 1.52. The number of carboxylic acids is 1. The fraction of sp³-hybridized carbons (Fsp3) is 0.0909. The van der Waals surface area contributed by atoms with Crippen LogP contribution in [0.15, 0.2) is 34.9 Å². The molecule has 0 unspecified atom stereocenters. The summed E-state index contributed by atoms with van der Waals surface area (Å²) >= 11 is 3.31. The van der Waals surface area contributed by atoms with Crippen LogP contribution in [0.4, 0.5) is 0 Å². The number of carbonyl (C=O) groups is 1. The summed E-state index contributed by atoms with van der Waals surface area (Å²) in [7, 11) is 1.67. The predicted molar refractivity (Wildman–Crippen MR) is 64.4 cm³/mol. The van der Waals surface area contributed by atoms with Gasteiger partial charge in [0.2, 0.25) is 0 Å². The molecule has 6 heteroatoms. The van der Waals surface area contributed by atoms with Gasteiger partial charge in [-0.3, -0.25) is 0 Å². The molecule has 2 aromatic rings. The second kappa shape index (κ2) is 4.58. The van der Waals surface area contributed by atoms with Gasteiger partial charge < -0.3 is 14.4 Å². The fourth-order valence-electron chi connectivity index (χ4n) is 1.26. The lowest BCUT2D eigenvalue weighted by Gasteiger charge is -2.04. The van der Waals surface area contributed by atoms with Crippen molar-refractivity contribution in [3.05, 3.63) is 40.6 Å². The molecule has 2 rings (SSSR count). The molecule has 0 saturated carbocycles. The molecule has 0 fully saturated rings. The molecule has 0 bridgehead atoms. The molecule has 0 atom stereocenters. The minimum absolute atomic E-state index is 0.0420. The standard InChI is InChI=1S/C11H9BrN2O3/c1-14-6-9(10(15)16)13-11(14)17-8-4-2-7(12)3-5-8/h2-6H,1H3,(H,15,16). The van der Waals surface area contributed by atoms with Gasteiger partial charge in [-0.05, 0) is 24.3 Å². The second-order valence-corrected chi connectivity index (χ2v) is 4.30. The van der Waals surface area contributed by atoms with Crippen LogP contribution in [-0.4, -0.2) is 20.6 Å². The smallest absolute Gasteiger partial charge is 0.356 e. The molecule has 0 aliphatic rings. The maximum Gasteiger partial charge on any atom is 0.356 e. The molecular formula is C11H9BrN2O3. The summed E-state index contributed by atoms with van der Waals surface area (Å²) in [5.41, 5.74) is -0.0420. The van der Waals surface area contributed by atoms with Crippen LogP contribution in [0.3, 0.4) is 0 Å². The van der Waals surface area contributed by atoms with E-state index in [2.05, 4.69) is 20.9 Å². The number of hydrogen-bond donors (Lipinski definition) is 1. The van der Waals surface area contributed by atoms with Gasteiger partial charge in [0.1, 0.15) is 5.75 Å². The summed E-state index contributed by atoms with van der Waals surface area (Å²) in [5.74, 6) is -0.481. The third kappa shape index (κ3) is 2.65. The van der Waals surface area contributed by atoms with Gasteiger partial charge in [-0.1, -0.05) is 15.9 Å². The molecule has 0 spiro atoms. The van der Waals surface area contributed by atoms with Gasteiger partial charge in [-0.15, -0.1) is 0 Å². The largest absolute Gasteiger partial charge is 0.476 e. The number of imidazole rings is 1. The predicted octanol–water partition coefficient (Wildman–Crippen LogP) is 2.67. The van der Waals surface area contributed by atoms with E-state index in [0.29, 0.717) is 5.75 Å². The minimum atomic E-state index is -1.08. The highest BCUT2D eigenvalue weighted by atomic mass is 79.9. The third-order valence-corrected chi connectivity index (χ3v) is 2.60. The van der Waals surface area contributed by atoms with Gasteiger partial charge in [0.25, 0.3) is 0 Å². The Balaban J connectivity index is 2.24. The Morgan fingerprint density at radius 2 is 2.06 bits per heavy atom. The number of carboxylic acid groups (broad SMARTS) is 1. The van der Waals surface area contributed by atoms with E-state index in [9.17, 15) is 4.79 Å². The Bertz CT molecular complexity index is 548. The van der Waals surface area contributed by atoms with Crippen molar-refractivity contribution in [1.29, 1.82) is 0 Å². The molecule has 1 aromatic carbocycles. The number of aromatic nitrogens is 2. The van der Waals surface area contributed by atoms with Gasteiger partial charge >= 0.3 is 12.0 Å². The van der Waals surface area contributed by atoms with Crippen molar-refractivity contribution in [3.63, 3.8) is 0 Å². The van der Waals surface area contributed by atoms with E-state index in [1.54, 1.807) is 19.2 Å². The van der Waals surface area contributed by atoms with E-state index in [-0.39, 0.29) is 11.7 Å². The normalized spacial score (nSPS) is 10.2. The van der Waals surface area contributed by atoms with Crippen molar-refractivity contribution in [3.8, 4) is 11.8 Å². The van der Waals surface area contributed by atoms with Gasteiger partial charge in [-0.25, -0.2) is 4.79 Å². The first-order valence-electron chi connectivity index (χ1n) is 4.76. The average Bonchev–Trinajstić information content (AvgIpc) is 2.64. The Labute approximate surface area is 106 Å². The molecule has 1 aromatic heterocycles. The van der Waals surface area contributed by atoms with Crippen LogP contribution in [0.25, 0.3) is 0 Å². The van der Waals surface area contributed by atoms with Crippen molar-refractivity contribution in [2.24, 2.45) is 7.05 Å². The Morgan fingerprint density at radius 1 is 1.41 bits per heavy atom. The van der Waals surface area contributed by atoms with Crippen LogP contribution in [0.1, 0.15) is 10.5 Å². The number of benzene rings is 1. The van der Waals surface area contributed by atoms with E-state index in [1.807, 2.05) is 12.1 Å². The van der Waals surface area contributed by atoms with Crippen LogP contribution in [0.2, 0.25) is 0 Å². The highest BCUT2D eigenvalue weighted by Crippen LogP contribution is 2.22. The second-order valence-electron chi connectivity index (χ2n) is 3.38. The van der Waals surface area contributed by atoms with Crippen LogP contribution in [0.5, 0.6) is 11.8 Å². The Morgan fingerprint density at radius 3 is 2.59 bits per heavy atom. The number of ether oxygens (including phenoxy) is 1. The summed E-state index contributed by atoms with van der Waals surface area (Å²) in [5, 5.41) is 8.79. The number of hydrogen-bond acceptors (Lipinski definition) is 3. The van der Waals surface area contributed by atoms with Crippen LogP contribution in [-0.2, 0) is 7.05 Å². The van der Waals surface area contributed by atoms with Crippen LogP contribution in [0, 0.1) is 0 Å². The number of nitrogens with zero attached hydrogens (tertiary/aromatic N) is 2. The molecule has 0 saturated heterocycles. The lowest BCUT2D eigenvalue weighted by Crippen LogP contribution is -1.95. The van der Waals surface area contributed by atoms with E-state index >= 15 is 0 Å². The van der Waals surface area contributed by atoms with E-state index < -0.39 is 5.97 Å². The zero-order valence-electron chi connectivity index (χ0n) is 8.92. The van der Waals surface area contributed by atoms with E-state index in [4.69, 9.17) is 9.84 Å². The first-order valence-corrected chi connectivity index (χ1v) is 5.55. The maximum atomic E-state index is 10.7. The average molecular weight is 297 g/mol. The van der Waals surface area contributed by atoms with Gasteiger partial charge in [0.15, 0.2) is 5.69 Å². The number of halogens is 1. The molecule has 0 amide bonds. The highest BCUT2D eigenvalue weighted by Gasteiger charge is 2.12. The molecule has 1 heterocycles. The summed E-state index contributed by atoms with van der Waals surface area (Å²) < 4.78 is 7.92. The molecule has 5 nitrogen and oxygen atoms in total. The Kier molecular flexibility index (Phi) is 3.14. The molecular weight excluding hydrogens is 288 g/mol. The number of aromatic carboxylic acids is 1. The summed E-state index contributed by atoms with van der Waals surface area (Å²) in [6, 6.07) is 7.43. The first-order chi connectivity index (χ1) is 8.06. The molecule has 17 heavy (non-hydrogen) atoms. The van der Waals surface area contributed by atoms with Gasteiger partial charge in [0.05, 0.1) is 0 Å². The molecule has 0 aliphatic carbocycles. The van der Waals surface area contributed by atoms with Crippen molar-refractivity contribution in [2.75, 3.05) is 0 Å². The SMILES string of the molecule is Cn1cc(C(=O)O)nc1Oc1ccc(Br)cc1. The van der Waals surface area contributed by atoms with E-state index in [0.717, 1.165) is 4.47 Å². The topological polar surface area (TPSA) is 64.4 Å². The summed E-state index contributed by atoms with van der Waals surface area (Å²) in [6.07, 6.45) is 1.40. The van der Waals surface area contributed by atoms with Crippen molar-refractivity contribution in [2.45, 2.75) is 0 Å². The number of rotatable bonds is 3. The summed E-state index contributed by atoms with van der Waals surface area (Å²) in [4.78, 5) is 14.6. The third-order valence-electron chi connectivity index (χ3n) is 2.08. The Hall–Kier alpha value is -1.82. The highest BCUT2D eigenvalue weighted by molar-refractivity contribution is 9.10. The molecule has 1 N–H and O–H groups in total. The van der Waals surface area contributed by atoms with Crippen molar-refractivity contribution >= 4 is 21.9 Å². The monoisotopic (exact) mass is 296 g/mol. The number of aryl methyl sites for hydroxylation is 1. The van der Waals surface area contributed by atoms with E-state index in [1.165, 1.54) is 10.8 Å². The van der Waals surface area contributed by atoms with Crippen LogP contribution >= 0.6 is 15.9 Å². The minimum Gasteiger partial charge on any atom is -0.476 e. The zero-order valence-corrected chi connectivity index (χ0v) is 10.5. The summed E-state index contributed by atoms with van der Waals surface area (Å²) in [6.45, 7) is 0. The zero-order chi connectivity index (χ0) is 12.4. The van der Waals surface area contributed by atoms with Crippen molar-refractivity contribution < 1.29 is 14.6 Å². The maximum absolute atomic E-state index is 10.7. The first kappa shape index (κ1) is 11.7. The van der Waals surface area contributed by atoms with Crippen molar-refractivity contribution in [1.82, 2.24) is 9.55 Å². The van der Waals surface area contributed by atoms with Crippen LogP contribution < -0.4 is 4.74 Å². The molecule has 0 aliphatic heterocycles. The van der Waals surface area contributed by atoms with Gasteiger partial charge in [-0.2, -0.15) is 4.98 Å². The molecule has 0 radical (unpaired) electrons. The van der Waals surface area contributed by atoms with Gasteiger partial charge in [0, 0.05) is 17.7 Å².